The second-order valence-electron chi connectivity index (χ2n) is 4.30. The summed E-state index contributed by atoms with van der Waals surface area (Å²) in [5.41, 5.74) is 1.11. The average molecular weight is 253 g/mol. The van der Waals surface area contributed by atoms with E-state index < -0.39 is 0 Å². The fourth-order valence-corrected chi connectivity index (χ4v) is 2.30. The average Bonchev–Trinajstić information content (AvgIpc) is 2.89. The van der Waals surface area contributed by atoms with Crippen LogP contribution in [0.25, 0.3) is 16.5 Å². The maximum absolute atomic E-state index is 5.30. The third-order valence-corrected chi connectivity index (χ3v) is 3.24. The van der Waals surface area contributed by atoms with Crippen LogP contribution in [-0.2, 0) is 0 Å². The maximum Gasteiger partial charge on any atom is 0.178 e. The van der Waals surface area contributed by atoms with Crippen LogP contribution < -0.4 is 9.47 Å². The predicted molar refractivity (Wildman–Crippen MR) is 76.4 cm³/mol. The number of benzene rings is 2. The van der Waals surface area contributed by atoms with E-state index in [2.05, 4.69) is 30.3 Å². The Kier molecular flexibility index (Phi) is 2.88. The highest BCUT2D eigenvalue weighted by molar-refractivity contribution is 5.90. The Bertz CT molecular complexity index is 689. The van der Waals surface area contributed by atoms with Crippen LogP contribution in [0.4, 0.5) is 0 Å². The lowest BCUT2D eigenvalue weighted by atomic mass is 10.1. The zero-order valence-electron chi connectivity index (χ0n) is 11.0. The van der Waals surface area contributed by atoms with Gasteiger partial charge in [0.1, 0.15) is 0 Å². The standard InChI is InChI=1S/C16H15NO2/c1-18-15-10-17(11-16(15)19-2)14-9-5-7-12-6-3-4-8-13(12)14/h3-11H,1-2H3. The van der Waals surface area contributed by atoms with Crippen LogP contribution in [0.15, 0.2) is 54.9 Å². The third-order valence-electron chi connectivity index (χ3n) is 3.24. The Hall–Kier alpha value is -2.42. The molecule has 0 aliphatic rings. The van der Waals surface area contributed by atoms with Crippen molar-refractivity contribution in [2.45, 2.75) is 0 Å². The van der Waals surface area contributed by atoms with Crippen LogP contribution in [0.2, 0.25) is 0 Å². The van der Waals surface area contributed by atoms with Gasteiger partial charge in [-0.3, -0.25) is 0 Å². The van der Waals surface area contributed by atoms with Crippen molar-refractivity contribution < 1.29 is 9.47 Å². The monoisotopic (exact) mass is 253 g/mol. The van der Waals surface area contributed by atoms with Gasteiger partial charge in [-0.05, 0) is 11.5 Å². The molecule has 0 bridgehead atoms. The van der Waals surface area contributed by atoms with Gasteiger partial charge in [-0.1, -0.05) is 36.4 Å². The Balaban J connectivity index is 2.21. The molecule has 1 aromatic heterocycles. The molecule has 3 rings (SSSR count). The number of rotatable bonds is 3. The summed E-state index contributed by atoms with van der Waals surface area (Å²) in [6.07, 6.45) is 3.86. The van der Waals surface area contributed by atoms with Crippen molar-refractivity contribution in [1.82, 2.24) is 4.57 Å². The van der Waals surface area contributed by atoms with Gasteiger partial charge in [0.05, 0.1) is 32.3 Å². The van der Waals surface area contributed by atoms with E-state index in [-0.39, 0.29) is 0 Å². The van der Waals surface area contributed by atoms with Gasteiger partial charge < -0.3 is 14.0 Å². The molecule has 1 heterocycles. The number of fused-ring (bicyclic) bond motifs is 1. The number of ether oxygens (including phenoxy) is 2. The first kappa shape index (κ1) is 11.7. The quantitative estimate of drug-likeness (QED) is 0.711. The van der Waals surface area contributed by atoms with Crippen molar-refractivity contribution in [2.75, 3.05) is 14.2 Å². The van der Waals surface area contributed by atoms with E-state index in [1.54, 1.807) is 14.2 Å². The van der Waals surface area contributed by atoms with Crippen LogP contribution in [0, 0.1) is 0 Å². The van der Waals surface area contributed by atoms with Gasteiger partial charge in [-0.25, -0.2) is 0 Å². The zero-order valence-corrected chi connectivity index (χ0v) is 11.0. The van der Waals surface area contributed by atoms with Crippen LogP contribution in [0.1, 0.15) is 0 Å². The van der Waals surface area contributed by atoms with Gasteiger partial charge in [0, 0.05) is 5.39 Å². The summed E-state index contributed by atoms with van der Waals surface area (Å²) >= 11 is 0. The third kappa shape index (κ3) is 1.93. The van der Waals surface area contributed by atoms with Gasteiger partial charge in [0.15, 0.2) is 11.5 Å². The second-order valence-corrected chi connectivity index (χ2v) is 4.30. The van der Waals surface area contributed by atoms with Gasteiger partial charge in [-0.2, -0.15) is 0 Å². The minimum Gasteiger partial charge on any atom is -0.491 e. The molecule has 0 aliphatic heterocycles. The van der Waals surface area contributed by atoms with Gasteiger partial charge in [0.2, 0.25) is 0 Å². The predicted octanol–water partition coefficient (Wildman–Crippen LogP) is 3.65. The van der Waals surface area contributed by atoms with Crippen molar-refractivity contribution in [1.29, 1.82) is 0 Å². The first-order valence-electron chi connectivity index (χ1n) is 6.11. The minimum atomic E-state index is 0.732. The van der Waals surface area contributed by atoms with Gasteiger partial charge in [0.25, 0.3) is 0 Å². The number of methoxy groups -OCH3 is 2. The summed E-state index contributed by atoms with van der Waals surface area (Å²) in [6.45, 7) is 0. The summed E-state index contributed by atoms with van der Waals surface area (Å²) in [5.74, 6) is 1.46. The number of nitrogens with zero attached hydrogens (tertiary/aromatic N) is 1. The lowest BCUT2D eigenvalue weighted by Crippen LogP contribution is -1.91. The molecule has 0 atom stereocenters. The molecular weight excluding hydrogens is 238 g/mol. The van der Waals surface area contributed by atoms with E-state index in [1.165, 1.54) is 10.8 Å². The van der Waals surface area contributed by atoms with Crippen molar-refractivity contribution in [3.05, 3.63) is 54.9 Å². The molecule has 3 nitrogen and oxygen atoms in total. The zero-order chi connectivity index (χ0) is 13.2. The van der Waals surface area contributed by atoms with E-state index >= 15 is 0 Å². The Morgan fingerprint density at radius 2 is 1.42 bits per heavy atom. The van der Waals surface area contributed by atoms with E-state index in [0.717, 1.165) is 17.2 Å². The Labute approximate surface area is 112 Å². The maximum atomic E-state index is 5.30. The lowest BCUT2D eigenvalue weighted by Gasteiger charge is -2.07. The molecule has 0 fully saturated rings. The van der Waals surface area contributed by atoms with Crippen molar-refractivity contribution in [3.8, 4) is 17.2 Å². The summed E-state index contributed by atoms with van der Waals surface area (Å²) in [4.78, 5) is 0. The molecule has 96 valence electrons. The normalized spacial score (nSPS) is 10.6. The summed E-state index contributed by atoms with van der Waals surface area (Å²) in [5, 5.41) is 2.41. The van der Waals surface area contributed by atoms with E-state index in [1.807, 2.05) is 29.1 Å². The first-order chi connectivity index (χ1) is 9.33. The number of hydrogen-bond acceptors (Lipinski definition) is 2. The fraction of sp³-hybridized carbons (Fsp3) is 0.125. The Morgan fingerprint density at radius 3 is 2.11 bits per heavy atom. The van der Waals surface area contributed by atoms with Crippen LogP contribution in [-0.4, -0.2) is 18.8 Å². The highest BCUT2D eigenvalue weighted by Gasteiger charge is 2.10. The van der Waals surface area contributed by atoms with Gasteiger partial charge >= 0.3 is 0 Å². The van der Waals surface area contributed by atoms with Crippen LogP contribution in [0.3, 0.4) is 0 Å². The van der Waals surface area contributed by atoms with Crippen LogP contribution in [0.5, 0.6) is 11.5 Å². The molecule has 0 unspecified atom stereocenters. The molecule has 0 N–H and O–H groups in total. The topological polar surface area (TPSA) is 23.4 Å². The molecule has 0 aliphatic carbocycles. The smallest absolute Gasteiger partial charge is 0.178 e. The molecule has 3 heteroatoms. The highest BCUT2D eigenvalue weighted by atomic mass is 16.5. The lowest BCUT2D eigenvalue weighted by molar-refractivity contribution is 0.358. The molecule has 0 saturated heterocycles. The highest BCUT2D eigenvalue weighted by Crippen LogP contribution is 2.31. The van der Waals surface area contributed by atoms with Crippen molar-refractivity contribution >= 4 is 10.8 Å². The summed E-state index contributed by atoms with van der Waals surface area (Å²) < 4.78 is 12.6. The second kappa shape index (κ2) is 4.69. The minimum absolute atomic E-state index is 0.732. The van der Waals surface area contributed by atoms with E-state index in [4.69, 9.17) is 9.47 Å². The molecule has 0 amide bonds. The molecule has 2 aromatic carbocycles. The molecule has 0 saturated carbocycles. The number of aromatic nitrogens is 1. The van der Waals surface area contributed by atoms with E-state index in [0.29, 0.717) is 0 Å². The number of hydrogen-bond donors (Lipinski definition) is 0. The molecular formula is C16H15NO2. The SMILES string of the molecule is COc1cn(-c2cccc3ccccc23)cc1OC. The van der Waals surface area contributed by atoms with Crippen LogP contribution >= 0.6 is 0 Å². The van der Waals surface area contributed by atoms with E-state index in [9.17, 15) is 0 Å². The molecule has 3 aromatic rings. The van der Waals surface area contributed by atoms with Gasteiger partial charge in [-0.15, -0.1) is 0 Å². The molecule has 19 heavy (non-hydrogen) atoms. The largest absolute Gasteiger partial charge is 0.491 e. The summed E-state index contributed by atoms with van der Waals surface area (Å²) in [6, 6.07) is 14.6. The van der Waals surface area contributed by atoms with Crippen molar-refractivity contribution in [2.24, 2.45) is 0 Å². The first-order valence-corrected chi connectivity index (χ1v) is 6.11. The molecule has 0 radical (unpaired) electrons. The van der Waals surface area contributed by atoms with Crippen molar-refractivity contribution in [3.63, 3.8) is 0 Å². The fourth-order valence-electron chi connectivity index (χ4n) is 2.30. The summed E-state index contributed by atoms with van der Waals surface area (Å²) in [7, 11) is 3.29. The Morgan fingerprint density at radius 1 is 0.789 bits per heavy atom. The molecule has 0 spiro atoms.